The molecule has 0 bridgehead atoms. The van der Waals surface area contributed by atoms with Gasteiger partial charge >= 0.3 is 5.97 Å². The van der Waals surface area contributed by atoms with Crippen molar-refractivity contribution in [2.45, 2.75) is 19.9 Å². The first-order valence-electron chi connectivity index (χ1n) is 6.16. The van der Waals surface area contributed by atoms with Crippen LogP contribution in [0, 0.1) is 6.92 Å². The van der Waals surface area contributed by atoms with Crippen LogP contribution in [0.4, 0.5) is 0 Å². The number of carbonyl (C=O) groups is 2. The molecule has 0 aliphatic rings. The predicted molar refractivity (Wildman–Crippen MR) is 77.1 cm³/mol. The number of carboxylic acids is 1. The number of hydrogen-bond donors (Lipinski definition) is 1. The summed E-state index contributed by atoms with van der Waals surface area (Å²) < 4.78 is 0. The van der Waals surface area contributed by atoms with Crippen LogP contribution in [0.2, 0.25) is 0 Å². The molecule has 1 N–H and O–H groups in total. The highest BCUT2D eigenvalue weighted by Crippen LogP contribution is 2.26. The van der Waals surface area contributed by atoms with Gasteiger partial charge in [-0.2, -0.15) is 0 Å². The fraction of sp³-hybridized carbons (Fsp3) is 0.308. The molecule has 0 radical (unpaired) electrons. The number of carboxylic acid groups (broad SMARTS) is 1. The first-order valence-corrected chi connectivity index (χ1v) is 6.98. The van der Waals surface area contributed by atoms with Crippen molar-refractivity contribution in [2.75, 3.05) is 7.05 Å². The van der Waals surface area contributed by atoms with Crippen molar-refractivity contribution in [2.24, 2.45) is 0 Å². The molecule has 2 rings (SSSR count). The molecule has 1 amide bonds. The lowest BCUT2D eigenvalue weighted by Gasteiger charge is -2.20. The van der Waals surface area contributed by atoms with Crippen LogP contribution >= 0.6 is 11.3 Å². The second kappa shape index (κ2) is 5.96. The SMILES string of the molecule is Cc1nc(-c2ncccn2)sc1C(=O)N(C)C(C)C(=O)O. The highest BCUT2D eigenvalue weighted by Gasteiger charge is 2.26. The lowest BCUT2D eigenvalue weighted by Crippen LogP contribution is -2.40. The summed E-state index contributed by atoms with van der Waals surface area (Å²) in [6, 6.07) is 0.786. The zero-order valence-corrected chi connectivity index (χ0v) is 12.6. The summed E-state index contributed by atoms with van der Waals surface area (Å²) in [5.41, 5.74) is 0.539. The topological polar surface area (TPSA) is 96.3 Å². The molecule has 0 saturated carbocycles. The molecule has 0 aliphatic heterocycles. The second-order valence-electron chi connectivity index (χ2n) is 4.44. The highest BCUT2D eigenvalue weighted by atomic mass is 32.1. The van der Waals surface area contributed by atoms with Crippen LogP contribution in [-0.4, -0.2) is 49.9 Å². The van der Waals surface area contributed by atoms with Gasteiger partial charge in [0.1, 0.15) is 10.9 Å². The molecule has 21 heavy (non-hydrogen) atoms. The number of amides is 1. The average Bonchev–Trinajstić information content (AvgIpc) is 2.87. The molecule has 0 spiro atoms. The second-order valence-corrected chi connectivity index (χ2v) is 5.44. The van der Waals surface area contributed by atoms with E-state index in [0.29, 0.717) is 21.4 Å². The maximum absolute atomic E-state index is 12.3. The molecular weight excluding hydrogens is 292 g/mol. The molecule has 0 fully saturated rings. The first kappa shape index (κ1) is 15.0. The zero-order valence-electron chi connectivity index (χ0n) is 11.8. The fourth-order valence-electron chi connectivity index (χ4n) is 1.60. The maximum atomic E-state index is 12.3. The number of hydrogen-bond acceptors (Lipinski definition) is 6. The van der Waals surface area contributed by atoms with E-state index in [9.17, 15) is 9.59 Å². The van der Waals surface area contributed by atoms with Crippen LogP contribution in [0.3, 0.4) is 0 Å². The van der Waals surface area contributed by atoms with Crippen molar-refractivity contribution in [1.82, 2.24) is 19.9 Å². The van der Waals surface area contributed by atoms with Crippen LogP contribution in [0.5, 0.6) is 0 Å². The Morgan fingerprint density at radius 1 is 1.33 bits per heavy atom. The summed E-state index contributed by atoms with van der Waals surface area (Å²) in [6.45, 7) is 3.16. The largest absolute Gasteiger partial charge is 0.480 e. The molecule has 2 aromatic heterocycles. The van der Waals surface area contributed by atoms with Gasteiger partial charge in [-0.3, -0.25) is 4.79 Å². The first-order chi connectivity index (χ1) is 9.91. The Bertz CT molecular complexity index is 671. The van der Waals surface area contributed by atoms with E-state index >= 15 is 0 Å². The number of aryl methyl sites for hydroxylation is 1. The lowest BCUT2D eigenvalue weighted by molar-refractivity contribution is -0.141. The Labute approximate surface area is 125 Å². The average molecular weight is 306 g/mol. The van der Waals surface area contributed by atoms with E-state index < -0.39 is 12.0 Å². The third-order valence-corrected chi connectivity index (χ3v) is 4.15. The molecular formula is C13H14N4O3S. The van der Waals surface area contributed by atoms with Crippen molar-refractivity contribution < 1.29 is 14.7 Å². The minimum Gasteiger partial charge on any atom is -0.480 e. The van der Waals surface area contributed by atoms with Gasteiger partial charge in [-0.1, -0.05) is 0 Å². The Morgan fingerprint density at radius 2 is 1.95 bits per heavy atom. The zero-order chi connectivity index (χ0) is 15.6. The van der Waals surface area contributed by atoms with Gasteiger partial charge in [-0.05, 0) is 19.9 Å². The third kappa shape index (κ3) is 3.05. The molecule has 7 nitrogen and oxygen atoms in total. The predicted octanol–water partition coefficient (Wildman–Crippen LogP) is 1.45. The normalized spacial score (nSPS) is 12.0. The number of thiazole rings is 1. The standard InChI is InChI=1S/C13H14N4O3S/c1-7-9(12(18)17(3)8(2)13(19)20)21-11(16-7)10-14-5-4-6-15-10/h4-6,8H,1-3H3,(H,19,20). The Balaban J connectivity index is 2.31. The fourth-order valence-corrected chi connectivity index (χ4v) is 2.60. The number of carbonyl (C=O) groups excluding carboxylic acids is 1. The molecule has 1 unspecified atom stereocenters. The molecule has 0 aliphatic carbocycles. The third-order valence-electron chi connectivity index (χ3n) is 3.01. The van der Waals surface area contributed by atoms with E-state index in [0.717, 1.165) is 11.3 Å². The van der Waals surface area contributed by atoms with Gasteiger partial charge in [0, 0.05) is 19.4 Å². The van der Waals surface area contributed by atoms with Crippen LogP contribution in [-0.2, 0) is 4.79 Å². The molecule has 0 aromatic carbocycles. The molecule has 1 atom stereocenters. The van der Waals surface area contributed by atoms with Crippen LogP contribution in [0.15, 0.2) is 18.5 Å². The van der Waals surface area contributed by atoms with E-state index in [1.807, 2.05) is 0 Å². The van der Waals surface area contributed by atoms with Crippen molar-refractivity contribution >= 4 is 23.2 Å². The Morgan fingerprint density at radius 3 is 2.52 bits per heavy atom. The van der Waals surface area contributed by atoms with Gasteiger partial charge in [-0.25, -0.2) is 19.7 Å². The van der Waals surface area contributed by atoms with Crippen molar-refractivity contribution in [3.05, 3.63) is 29.0 Å². The van der Waals surface area contributed by atoms with Gasteiger partial charge in [0.2, 0.25) is 0 Å². The summed E-state index contributed by atoms with van der Waals surface area (Å²) in [6.07, 6.45) is 3.19. The van der Waals surface area contributed by atoms with Gasteiger partial charge < -0.3 is 10.0 Å². The van der Waals surface area contributed by atoms with E-state index in [4.69, 9.17) is 5.11 Å². The maximum Gasteiger partial charge on any atom is 0.326 e. The smallest absolute Gasteiger partial charge is 0.326 e. The van der Waals surface area contributed by atoms with E-state index in [-0.39, 0.29) is 5.91 Å². The van der Waals surface area contributed by atoms with Crippen LogP contribution in [0.1, 0.15) is 22.3 Å². The minimum absolute atomic E-state index is 0.373. The van der Waals surface area contributed by atoms with Crippen molar-refractivity contribution in [3.8, 4) is 10.8 Å². The summed E-state index contributed by atoms with van der Waals surface area (Å²) in [7, 11) is 1.46. The van der Waals surface area contributed by atoms with Crippen molar-refractivity contribution in [1.29, 1.82) is 0 Å². The number of nitrogens with zero attached hydrogens (tertiary/aromatic N) is 4. The van der Waals surface area contributed by atoms with Gasteiger partial charge in [0.15, 0.2) is 10.8 Å². The number of likely N-dealkylation sites (N-methyl/N-ethyl adjacent to an activating group) is 1. The summed E-state index contributed by atoms with van der Waals surface area (Å²) in [5.74, 6) is -0.986. The number of aliphatic carboxylic acids is 1. The monoisotopic (exact) mass is 306 g/mol. The molecule has 0 saturated heterocycles. The Hall–Kier alpha value is -2.35. The minimum atomic E-state index is -1.06. The van der Waals surface area contributed by atoms with E-state index in [1.54, 1.807) is 25.4 Å². The highest BCUT2D eigenvalue weighted by molar-refractivity contribution is 7.17. The van der Waals surface area contributed by atoms with Crippen molar-refractivity contribution in [3.63, 3.8) is 0 Å². The van der Waals surface area contributed by atoms with Crippen LogP contribution in [0.25, 0.3) is 10.8 Å². The molecule has 2 aromatic rings. The molecule has 2 heterocycles. The van der Waals surface area contributed by atoms with Gasteiger partial charge in [-0.15, -0.1) is 11.3 Å². The summed E-state index contributed by atoms with van der Waals surface area (Å²) in [5, 5.41) is 9.51. The van der Waals surface area contributed by atoms with Crippen LogP contribution < -0.4 is 0 Å². The lowest BCUT2D eigenvalue weighted by atomic mass is 10.2. The summed E-state index contributed by atoms with van der Waals surface area (Å²) in [4.78, 5) is 37.4. The summed E-state index contributed by atoms with van der Waals surface area (Å²) >= 11 is 1.16. The Kier molecular flexibility index (Phi) is 4.27. The molecule has 8 heteroatoms. The van der Waals surface area contributed by atoms with E-state index in [2.05, 4.69) is 15.0 Å². The van der Waals surface area contributed by atoms with Gasteiger partial charge in [0.25, 0.3) is 5.91 Å². The number of rotatable bonds is 4. The van der Waals surface area contributed by atoms with Gasteiger partial charge in [0.05, 0.1) is 5.69 Å². The van der Waals surface area contributed by atoms with E-state index in [1.165, 1.54) is 18.9 Å². The number of aromatic nitrogens is 3. The molecule has 110 valence electrons. The quantitative estimate of drug-likeness (QED) is 0.918.